The minimum atomic E-state index is -1.52. The molecule has 0 saturated carbocycles. The average Bonchev–Trinajstić information content (AvgIpc) is 2.58. The highest BCUT2D eigenvalue weighted by Gasteiger charge is 2.48. The molecule has 0 bridgehead atoms. The molecule has 10 heteroatoms. The molecule has 2 saturated heterocycles. The quantitative estimate of drug-likeness (QED) is 0.224. The first-order valence-electron chi connectivity index (χ1n) is 7.56. The number of hydrogen-bond acceptors (Lipinski definition) is 9. The molecule has 3 aliphatic rings. The number of hydrogen-bond donors (Lipinski definition) is 4. The number of rotatable bonds is 3. The molecule has 0 amide bonds. The van der Waals surface area contributed by atoms with Gasteiger partial charge in [0, 0.05) is 5.92 Å². The van der Waals surface area contributed by atoms with E-state index in [4.69, 9.17) is 18.9 Å². The Morgan fingerprint density at radius 3 is 2.67 bits per heavy atom. The molecule has 0 radical (unpaired) electrons. The number of fused-ring (bicyclic) bond motifs is 1. The summed E-state index contributed by atoms with van der Waals surface area (Å²) in [6.07, 6.45) is -5.73. The highest BCUT2D eigenvalue weighted by Crippen LogP contribution is 2.38. The molecule has 0 aromatic heterocycles. The summed E-state index contributed by atoms with van der Waals surface area (Å²) in [5.74, 6) is -0.533. The number of halogens is 1. The van der Waals surface area contributed by atoms with Crippen molar-refractivity contribution in [2.75, 3.05) is 13.2 Å². The van der Waals surface area contributed by atoms with Crippen LogP contribution in [0.5, 0.6) is 0 Å². The number of ether oxygens (including phenoxy) is 4. The lowest BCUT2D eigenvalue weighted by Crippen LogP contribution is -2.60. The van der Waals surface area contributed by atoms with Gasteiger partial charge in [0.25, 0.3) is 0 Å². The minimum Gasteiger partial charge on any atom is -0.471 e. The molecule has 0 aromatic carbocycles. The third kappa shape index (κ3) is 3.28. The van der Waals surface area contributed by atoms with Gasteiger partial charge in [0.1, 0.15) is 24.4 Å². The fraction of sp³-hybridized carbons (Fsp3) is 0.786. The van der Waals surface area contributed by atoms with Gasteiger partial charge in [0.15, 0.2) is 6.29 Å². The van der Waals surface area contributed by atoms with Crippen LogP contribution in [-0.4, -0.2) is 80.5 Å². The maximum atomic E-state index is 11.7. The topological polar surface area (TPSA) is 135 Å². The van der Waals surface area contributed by atoms with Crippen LogP contribution in [0.2, 0.25) is 0 Å². The van der Waals surface area contributed by atoms with Gasteiger partial charge in [-0.25, -0.2) is 4.79 Å². The maximum absolute atomic E-state index is 11.7. The second-order valence-electron chi connectivity index (χ2n) is 5.89. The van der Waals surface area contributed by atoms with Crippen molar-refractivity contribution in [3.05, 3.63) is 11.8 Å². The molecule has 3 aliphatic heterocycles. The van der Waals surface area contributed by atoms with E-state index in [1.807, 2.05) is 0 Å². The Hall–Kier alpha value is -0.500. The van der Waals surface area contributed by atoms with Gasteiger partial charge in [-0.15, -0.1) is 0 Å². The fourth-order valence-corrected chi connectivity index (χ4v) is 4.05. The normalized spacial score (nSPS) is 45.7. The average molecular weight is 458 g/mol. The number of carbonyl (C=O) groups excluding carboxylic acids is 1. The van der Waals surface area contributed by atoms with Crippen molar-refractivity contribution in [2.45, 2.75) is 47.3 Å². The van der Waals surface area contributed by atoms with Crippen LogP contribution in [0.15, 0.2) is 11.8 Å². The number of carbonyl (C=O) groups is 1. The van der Waals surface area contributed by atoms with Crippen molar-refractivity contribution in [1.82, 2.24) is 0 Å². The molecule has 0 spiro atoms. The highest BCUT2D eigenvalue weighted by atomic mass is 127. The summed E-state index contributed by atoms with van der Waals surface area (Å²) in [5, 5.41) is 38.8. The van der Waals surface area contributed by atoms with E-state index in [1.165, 1.54) is 6.26 Å². The Labute approximate surface area is 151 Å². The van der Waals surface area contributed by atoms with Crippen LogP contribution in [0.1, 0.15) is 6.42 Å². The molecule has 8 atom stereocenters. The predicted octanol–water partition coefficient (Wildman–Crippen LogP) is -1.59. The van der Waals surface area contributed by atoms with E-state index in [-0.39, 0.29) is 9.84 Å². The summed E-state index contributed by atoms with van der Waals surface area (Å²) in [6.45, 7) is -0.227. The predicted molar refractivity (Wildman–Crippen MR) is 84.7 cm³/mol. The van der Waals surface area contributed by atoms with Crippen LogP contribution in [0.25, 0.3) is 0 Å². The Bertz CT molecular complexity index is 510. The lowest BCUT2D eigenvalue weighted by molar-refractivity contribution is -0.333. The van der Waals surface area contributed by atoms with Crippen LogP contribution >= 0.6 is 22.6 Å². The van der Waals surface area contributed by atoms with E-state index in [1.54, 1.807) is 0 Å². The number of aliphatic hydroxyl groups is 4. The number of alkyl halides is 1. The van der Waals surface area contributed by atoms with Crippen molar-refractivity contribution in [1.29, 1.82) is 0 Å². The van der Waals surface area contributed by atoms with Crippen molar-refractivity contribution < 1.29 is 44.2 Å². The van der Waals surface area contributed by atoms with E-state index in [9.17, 15) is 25.2 Å². The minimum absolute atomic E-state index is 0.115. The monoisotopic (exact) mass is 458 g/mol. The van der Waals surface area contributed by atoms with Crippen LogP contribution in [0, 0.1) is 5.92 Å². The zero-order valence-corrected chi connectivity index (χ0v) is 14.7. The first kappa shape index (κ1) is 18.3. The van der Waals surface area contributed by atoms with E-state index in [0.717, 1.165) is 0 Å². The summed E-state index contributed by atoms with van der Waals surface area (Å²) >= 11 is 2.09. The van der Waals surface area contributed by atoms with Crippen LogP contribution in [0.4, 0.5) is 0 Å². The maximum Gasteiger partial charge on any atom is 0.337 e. The van der Waals surface area contributed by atoms with Gasteiger partial charge >= 0.3 is 5.97 Å². The number of aliphatic hydroxyl groups excluding tert-OH is 4. The summed E-state index contributed by atoms with van der Waals surface area (Å²) in [4.78, 5) is 11.7. The third-order valence-electron chi connectivity index (χ3n) is 4.39. The van der Waals surface area contributed by atoms with Crippen LogP contribution < -0.4 is 0 Å². The van der Waals surface area contributed by atoms with Crippen molar-refractivity contribution in [2.24, 2.45) is 5.92 Å². The SMILES string of the molecule is O=C1OCC[C@@H]2C1=CO[C@@H](O[C@@H]1OC(CO)[C@@H](O)C(O)C1O)[C@@H]2I. The first-order chi connectivity index (χ1) is 11.4. The second kappa shape index (κ2) is 7.40. The molecule has 3 heterocycles. The van der Waals surface area contributed by atoms with Crippen LogP contribution in [0.3, 0.4) is 0 Å². The summed E-state index contributed by atoms with van der Waals surface area (Å²) < 4.78 is 21.1. The molecular formula is C14H19IO9. The summed E-state index contributed by atoms with van der Waals surface area (Å²) in [6, 6.07) is 0. The van der Waals surface area contributed by atoms with Crippen molar-refractivity contribution >= 4 is 28.6 Å². The molecular weight excluding hydrogens is 439 g/mol. The Morgan fingerprint density at radius 2 is 1.96 bits per heavy atom. The highest BCUT2D eigenvalue weighted by molar-refractivity contribution is 14.1. The summed E-state index contributed by atoms with van der Waals surface area (Å²) in [5.41, 5.74) is 0.439. The third-order valence-corrected chi connectivity index (χ3v) is 5.84. The first-order valence-corrected chi connectivity index (χ1v) is 8.81. The van der Waals surface area contributed by atoms with Crippen molar-refractivity contribution in [3.8, 4) is 0 Å². The lowest BCUT2D eigenvalue weighted by Gasteiger charge is -2.43. The van der Waals surface area contributed by atoms with E-state index in [2.05, 4.69) is 22.6 Å². The zero-order chi connectivity index (χ0) is 17.4. The van der Waals surface area contributed by atoms with Crippen LogP contribution in [-0.2, 0) is 23.7 Å². The molecule has 3 rings (SSSR count). The Morgan fingerprint density at radius 1 is 1.21 bits per heavy atom. The van der Waals surface area contributed by atoms with Crippen molar-refractivity contribution in [3.63, 3.8) is 0 Å². The molecule has 0 aromatic rings. The van der Waals surface area contributed by atoms with Gasteiger partial charge in [0.2, 0.25) is 6.29 Å². The Kier molecular flexibility index (Phi) is 5.64. The number of cyclic esters (lactones) is 1. The largest absolute Gasteiger partial charge is 0.471 e. The van der Waals surface area contributed by atoms with Gasteiger partial charge in [-0.2, -0.15) is 0 Å². The van der Waals surface area contributed by atoms with Gasteiger partial charge < -0.3 is 39.4 Å². The molecule has 136 valence electrons. The molecule has 9 nitrogen and oxygen atoms in total. The standard InChI is InChI=1S/C14H19IO9/c15-8-5-1-2-21-12(20)6(5)4-22-13(8)24-14-11(19)10(18)9(17)7(3-16)23-14/h4-5,7-11,13-14,16-19H,1-3H2/t5-,7?,8-,9-,10?,11?,13+,14+/m1/s1. The van der Waals surface area contributed by atoms with Gasteiger partial charge in [-0.1, -0.05) is 22.6 Å². The van der Waals surface area contributed by atoms with E-state index < -0.39 is 49.6 Å². The Balaban J connectivity index is 1.70. The molecule has 2 fully saturated rings. The lowest BCUT2D eigenvalue weighted by atomic mass is 9.90. The molecule has 3 unspecified atom stereocenters. The fourth-order valence-electron chi connectivity index (χ4n) is 2.96. The van der Waals surface area contributed by atoms with Gasteiger partial charge in [0.05, 0.1) is 29.0 Å². The van der Waals surface area contributed by atoms with Gasteiger partial charge in [-0.3, -0.25) is 0 Å². The van der Waals surface area contributed by atoms with E-state index >= 15 is 0 Å². The molecule has 24 heavy (non-hydrogen) atoms. The summed E-state index contributed by atoms with van der Waals surface area (Å²) in [7, 11) is 0. The molecule has 0 aliphatic carbocycles. The smallest absolute Gasteiger partial charge is 0.337 e. The van der Waals surface area contributed by atoms with E-state index in [0.29, 0.717) is 18.6 Å². The number of esters is 1. The van der Waals surface area contributed by atoms with Gasteiger partial charge in [-0.05, 0) is 6.42 Å². The second-order valence-corrected chi connectivity index (χ2v) is 7.32. The molecule has 4 N–H and O–H groups in total. The zero-order valence-electron chi connectivity index (χ0n) is 12.5.